The Kier molecular flexibility index (Phi) is 4.02. The van der Waals surface area contributed by atoms with Gasteiger partial charge < -0.3 is 9.84 Å². The van der Waals surface area contributed by atoms with Gasteiger partial charge in [0, 0.05) is 4.47 Å². The maximum Gasteiger partial charge on any atom is 0.120 e. The molecule has 3 heteroatoms. The molecule has 0 aliphatic heterocycles. The molecule has 0 fully saturated rings. The molecule has 1 aliphatic rings. The van der Waals surface area contributed by atoms with E-state index in [-0.39, 0.29) is 12.7 Å². The summed E-state index contributed by atoms with van der Waals surface area (Å²) in [6.07, 6.45) is 7.87. The predicted octanol–water partition coefficient (Wildman–Crippen LogP) is 3.43. The van der Waals surface area contributed by atoms with Gasteiger partial charge in [0.2, 0.25) is 0 Å². The number of hydrogen-bond acceptors (Lipinski definition) is 2. The van der Waals surface area contributed by atoms with E-state index in [1.54, 1.807) is 0 Å². The second kappa shape index (κ2) is 5.51. The Hall–Kier alpha value is -0.800. The lowest BCUT2D eigenvalue weighted by atomic mass is 10.1. The first kappa shape index (κ1) is 11.7. The Bertz CT molecular complexity index is 388. The van der Waals surface area contributed by atoms with E-state index in [1.807, 2.05) is 18.2 Å². The van der Waals surface area contributed by atoms with Crippen LogP contribution in [0.4, 0.5) is 0 Å². The van der Waals surface area contributed by atoms with Crippen LogP contribution in [0.1, 0.15) is 24.8 Å². The molecular weight excluding hydrogens is 268 g/mol. The van der Waals surface area contributed by atoms with Crippen molar-refractivity contribution in [3.63, 3.8) is 0 Å². The van der Waals surface area contributed by atoms with Crippen LogP contribution in [0.2, 0.25) is 0 Å². The SMILES string of the molecule is OCc1cc(OC2C=CCCC2)ccc1Br. The van der Waals surface area contributed by atoms with E-state index in [4.69, 9.17) is 9.84 Å². The molecule has 1 aromatic carbocycles. The zero-order valence-electron chi connectivity index (χ0n) is 9.03. The number of halogens is 1. The highest BCUT2D eigenvalue weighted by molar-refractivity contribution is 9.10. The Morgan fingerprint density at radius 3 is 3.00 bits per heavy atom. The lowest BCUT2D eigenvalue weighted by Gasteiger charge is -2.19. The maximum atomic E-state index is 9.15. The van der Waals surface area contributed by atoms with Crippen LogP contribution in [0.15, 0.2) is 34.8 Å². The first-order valence-electron chi connectivity index (χ1n) is 5.52. The quantitative estimate of drug-likeness (QED) is 0.861. The van der Waals surface area contributed by atoms with Crippen LogP contribution in [-0.4, -0.2) is 11.2 Å². The van der Waals surface area contributed by atoms with Gasteiger partial charge >= 0.3 is 0 Å². The topological polar surface area (TPSA) is 29.5 Å². The van der Waals surface area contributed by atoms with Crippen molar-refractivity contribution in [3.8, 4) is 5.75 Å². The fourth-order valence-electron chi connectivity index (χ4n) is 1.80. The summed E-state index contributed by atoms with van der Waals surface area (Å²) in [6.45, 7) is 0.0261. The van der Waals surface area contributed by atoms with Gasteiger partial charge in [-0.05, 0) is 49.1 Å². The fraction of sp³-hybridized carbons (Fsp3) is 0.385. The zero-order valence-corrected chi connectivity index (χ0v) is 10.6. The zero-order chi connectivity index (χ0) is 11.4. The van der Waals surface area contributed by atoms with Gasteiger partial charge in [0.1, 0.15) is 11.9 Å². The average Bonchev–Trinajstić information content (AvgIpc) is 2.33. The Labute approximate surface area is 104 Å². The number of rotatable bonds is 3. The molecule has 0 amide bonds. The molecule has 16 heavy (non-hydrogen) atoms. The summed E-state index contributed by atoms with van der Waals surface area (Å²) in [5.74, 6) is 0.823. The van der Waals surface area contributed by atoms with Crippen LogP contribution in [0.25, 0.3) is 0 Å². The highest BCUT2D eigenvalue weighted by Gasteiger charge is 2.10. The highest BCUT2D eigenvalue weighted by Crippen LogP contribution is 2.25. The van der Waals surface area contributed by atoms with E-state index in [2.05, 4.69) is 28.1 Å². The predicted molar refractivity (Wildman–Crippen MR) is 67.5 cm³/mol. The van der Waals surface area contributed by atoms with Crippen molar-refractivity contribution in [2.24, 2.45) is 0 Å². The summed E-state index contributed by atoms with van der Waals surface area (Å²) < 4.78 is 6.75. The molecule has 0 heterocycles. The van der Waals surface area contributed by atoms with Gasteiger partial charge in [0.05, 0.1) is 6.61 Å². The van der Waals surface area contributed by atoms with Gasteiger partial charge in [-0.15, -0.1) is 0 Å². The first-order valence-corrected chi connectivity index (χ1v) is 6.31. The van der Waals surface area contributed by atoms with E-state index in [9.17, 15) is 0 Å². The van der Waals surface area contributed by atoms with Gasteiger partial charge in [0.25, 0.3) is 0 Å². The smallest absolute Gasteiger partial charge is 0.120 e. The third-order valence-corrected chi connectivity index (χ3v) is 3.46. The van der Waals surface area contributed by atoms with Crippen LogP contribution in [-0.2, 0) is 6.61 Å². The minimum atomic E-state index is 0.0261. The van der Waals surface area contributed by atoms with Gasteiger partial charge in [0.15, 0.2) is 0 Å². The highest BCUT2D eigenvalue weighted by atomic mass is 79.9. The van der Waals surface area contributed by atoms with E-state index in [0.717, 1.165) is 28.6 Å². The molecule has 0 saturated heterocycles. The third kappa shape index (κ3) is 2.86. The van der Waals surface area contributed by atoms with Crippen molar-refractivity contribution in [1.29, 1.82) is 0 Å². The van der Waals surface area contributed by atoms with E-state index < -0.39 is 0 Å². The summed E-state index contributed by atoms with van der Waals surface area (Å²) >= 11 is 3.39. The summed E-state index contributed by atoms with van der Waals surface area (Å²) in [7, 11) is 0. The number of allylic oxidation sites excluding steroid dienone is 1. The Morgan fingerprint density at radius 1 is 1.44 bits per heavy atom. The molecule has 0 saturated carbocycles. The van der Waals surface area contributed by atoms with Crippen LogP contribution in [0.5, 0.6) is 5.75 Å². The minimum absolute atomic E-state index is 0.0261. The van der Waals surface area contributed by atoms with Crippen molar-refractivity contribution < 1.29 is 9.84 Å². The number of benzene rings is 1. The number of ether oxygens (including phenoxy) is 1. The fourth-order valence-corrected chi connectivity index (χ4v) is 2.17. The molecule has 0 bridgehead atoms. The monoisotopic (exact) mass is 282 g/mol. The number of aliphatic hydroxyl groups excluding tert-OH is 1. The van der Waals surface area contributed by atoms with Crippen molar-refractivity contribution in [1.82, 2.24) is 0 Å². The molecule has 1 aromatic rings. The van der Waals surface area contributed by atoms with Gasteiger partial charge in [-0.3, -0.25) is 0 Å². The third-order valence-electron chi connectivity index (χ3n) is 2.69. The standard InChI is InChI=1S/C13H15BrO2/c14-13-7-6-12(8-10(13)9-15)16-11-4-2-1-3-5-11/h2,4,6-8,11,15H,1,3,5,9H2. The molecule has 1 unspecified atom stereocenters. The molecule has 2 nitrogen and oxygen atoms in total. The molecule has 0 spiro atoms. The minimum Gasteiger partial charge on any atom is -0.486 e. The normalized spacial score (nSPS) is 19.8. The molecule has 1 N–H and O–H groups in total. The number of hydrogen-bond donors (Lipinski definition) is 1. The molecule has 0 aromatic heterocycles. The molecular formula is C13H15BrO2. The summed E-state index contributed by atoms with van der Waals surface area (Å²) in [5.41, 5.74) is 0.859. The summed E-state index contributed by atoms with van der Waals surface area (Å²) in [5, 5.41) is 9.15. The van der Waals surface area contributed by atoms with Gasteiger partial charge in [-0.25, -0.2) is 0 Å². The van der Waals surface area contributed by atoms with Crippen molar-refractivity contribution in [2.45, 2.75) is 32.0 Å². The average molecular weight is 283 g/mol. The van der Waals surface area contributed by atoms with Crippen LogP contribution < -0.4 is 4.74 Å². The van der Waals surface area contributed by atoms with Crippen molar-refractivity contribution in [2.75, 3.05) is 0 Å². The molecule has 86 valence electrons. The molecule has 1 aliphatic carbocycles. The summed E-state index contributed by atoms with van der Waals surface area (Å²) in [6, 6.07) is 5.71. The largest absolute Gasteiger partial charge is 0.486 e. The van der Waals surface area contributed by atoms with Crippen LogP contribution in [0, 0.1) is 0 Å². The van der Waals surface area contributed by atoms with Crippen LogP contribution in [0.3, 0.4) is 0 Å². The first-order chi connectivity index (χ1) is 7.79. The van der Waals surface area contributed by atoms with Gasteiger partial charge in [-0.2, -0.15) is 0 Å². The maximum absolute atomic E-state index is 9.15. The van der Waals surface area contributed by atoms with Gasteiger partial charge in [-0.1, -0.05) is 22.0 Å². The van der Waals surface area contributed by atoms with E-state index >= 15 is 0 Å². The lowest BCUT2D eigenvalue weighted by Crippen LogP contribution is -2.15. The van der Waals surface area contributed by atoms with Crippen LogP contribution >= 0.6 is 15.9 Å². The molecule has 2 rings (SSSR count). The second-order valence-electron chi connectivity index (χ2n) is 3.93. The lowest BCUT2D eigenvalue weighted by molar-refractivity contribution is 0.228. The number of aliphatic hydroxyl groups is 1. The summed E-state index contributed by atoms with van der Waals surface area (Å²) in [4.78, 5) is 0. The molecule has 1 atom stereocenters. The Morgan fingerprint density at radius 2 is 2.31 bits per heavy atom. The van der Waals surface area contributed by atoms with E-state index in [0.29, 0.717) is 0 Å². The molecule has 0 radical (unpaired) electrons. The van der Waals surface area contributed by atoms with Crippen molar-refractivity contribution >= 4 is 15.9 Å². The Balaban J connectivity index is 2.09. The van der Waals surface area contributed by atoms with E-state index in [1.165, 1.54) is 6.42 Å². The second-order valence-corrected chi connectivity index (χ2v) is 4.78. The van der Waals surface area contributed by atoms with Crippen molar-refractivity contribution in [3.05, 3.63) is 40.4 Å².